The molecule has 0 unspecified atom stereocenters. The van der Waals surface area contributed by atoms with Crippen LogP contribution in [0.2, 0.25) is 0 Å². The van der Waals surface area contributed by atoms with Crippen LogP contribution < -0.4 is 65.5 Å². The molecule has 0 radical (unpaired) electrons. The minimum Gasteiger partial charge on any atom is -0.508 e. The predicted molar refractivity (Wildman–Crippen MR) is 267 cm³/mol. The Morgan fingerprint density at radius 3 is 1.65 bits per heavy atom. The molecule has 0 saturated heterocycles. The molecule has 0 saturated carbocycles. The molecule has 0 aliphatic carbocycles. The number of amides is 8. The van der Waals surface area contributed by atoms with Crippen molar-refractivity contribution in [2.24, 2.45) is 33.8 Å². The van der Waals surface area contributed by atoms with E-state index in [1.54, 1.807) is 44.2 Å². The summed E-state index contributed by atoms with van der Waals surface area (Å²) in [5, 5.41) is 58.1. The Labute approximate surface area is 427 Å². The predicted octanol–water partition coefficient (Wildman–Crippen LogP) is -4.57. The molecule has 0 bridgehead atoms. The third-order valence-electron chi connectivity index (χ3n) is 11.3. The quantitative estimate of drug-likeness (QED) is 0.0178. The number of benzene rings is 2. The summed E-state index contributed by atoms with van der Waals surface area (Å²) in [6.07, 6.45) is 0.303. The number of aliphatic imine (C=N–C) groups is 1. The number of aliphatic hydroxyl groups excluding tert-OH is 1. The topological polar surface area (TPSA) is 464 Å². The zero-order valence-corrected chi connectivity index (χ0v) is 41.3. The van der Waals surface area contributed by atoms with Crippen molar-refractivity contribution in [3.05, 3.63) is 65.7 Å². The molecule has 2 rings (SSSR count). The van der Waals surface area contributed by atoms with Crippen LogP contribution in [-0.4, -0.2) is 161 Å². The smallest absolute Gasteiger partial charge is 0.326 e. The molecule has 0 fully saturated rings. The van der Waals surface area contributed by atoms with Gasteiger partial charge in [0.15, 0.2) is 5.96 Å². The van der Waals surface area contributed by atoms with E-state index in [0.717, 1.165) is 0 Å². The fraction of sp³-hybridized carbons (Fsp3) is 0.511. The van der Waals surface area contributed by atoms with Crippen molar-refractivity contribution >= 4 is 65.2 Å². The number of phenols is 1. The van der Waals surface area contributed by atoms with Crippen molar-refractivity contribution in [1.82, 2.24) is 42.5 Å². The number of hydrogen-bond acceptors (Lipinski definition) is 15. The summed E-state index contributed by atoms with van der Waals surface area (Å²) in [6.45, 7) is 1.46. The molecule has 74 heavy (non-hydrogen) atoms. The Hall–Kier alpha value is -7.91. The standard InChI is InChI=1S/C47H71N13O14/c1-3-26(2)39(45(72)54-24-37(64)56-35(25-61)44(71)57-31(46(73)74)13-7-8-18-48)60-43(70)33(21-28-14-16-29(62)17-15-28)59-41(68)32(20-27-10-5-4-6-11-27)58-42(69)34(22-38(65)66)55-36(63)23-53-40(67)30(49)12-9-19-52-47(50)51/h4-6,10-11,14-17,26,30-35,39,61-62H,3,7-9,12-13,18-25,48-49H2,1-2H3,(H,53,67)(H,54,72)(H,55,63)(H,56,64)(H,57,71)(H,58,69)(H,59,68)(H,60,70)(H,65,66)(H,73,74)(H4,50,51,52)/t26-,30-,31-,32-,33-,34-,35-,39-/m0/s1. The largest absolute Gasteiger partial charge is 0.508 e. The molecule has 408 valence electrons. The van der Waals surface area contributed by atoms with E-state index >= 15 is 0 Å². The first-order valence-electron chi connectivity index (χ1n) is 23.8. The van der Waals surface area contributed by atoms with Gasteiger partial charge >= 0.3 is 11.9 Å². The maximum absolute atomic E-state index is 14.3. The number of phenolic OH excluding ortho intramolecular Hbond substituents is 1. The fourth-order valence-electron chi connectivity index (χ4n) is 6.95. The number of nitrogens with zero attached hydrogens (tertiary/aromatic N) is 1. The summed E-state index contributed by atoms with van der Waals surface area (Å²) < 4.78 is 0. The minimum atomic E-state index is -1.78. The maximum atomic E-state index is 14.3. The van der Waals surface area contributed by atoms with E-state index in [-0.39, 0.29) is 43.9 Å². The lowest BCUT2D eigenvalue weighted by Gasteiger charge is -2.28. The number of aliphatic carboxylic acids is 2. The van der Waals surface area contributed by atoms with Crippen molar-refractivity contribution in [1.29, 1.82) is 0 Å². The van der Waals surface area contributed by atoms with E-state index in [0.29, 0.717) is 43.4 Å². The van der Waals surface area contributed by atoms with Gasteiger partial charge in [0.05, 0.1) is 32.2 Å². The average molecular weight is 1040 g/mol. The molecular formula is C47H71N13O14. The van der Waals surface area contributed by atoms with Gasteiger partial charge < -0.3 is 85.9 Å². The number of unbranched alkanes of at least 4 members (excludes halogenated alkanes) is 1. The zero-order valence-electron chi connectivity index (χ0n) is 41.3. The highest BCUT2D eigenvalue weighted by Gasteiger charge is 2.34. The number of hydrogen-bond donors (Lipinski definition) is 16. The van der Waals surface area contributed by atoms with Crippen molar-refractivity contribution < 1.29 is 68.4 Å². The molecule has 27 heteroatoms. The second kappa shape index (κ2) is 32.9. The van der Waals surface area contributed by atoms with Crippen molar-refractivity contribution in [3.63, 3.8) is 0 Å². The Bertz CT molecular complexity index is 2230. The summed E-state index contributed by atoms with van der Waals surface area (Å²) in [7, 11) is 0. The number of aromatic hydroxyl groups is 1. The van der Waals surface area contributed by atoms with E-state index in [1.165, 1.54) is 24.3 Å². The summed E-state index contributed by atoms with van der Waals surface area (Å²) in [5.74, 6) is -11.2. The van der Waals surface area contributed by atoms with Gasteiger partial charge in [-0.2, -0.15) is 0 Å². The van der Waals surface area contributed by atoms with Crippen LogP contribution in [0.1, 0.15) is 69.9 Å². The van der Waals surface area contributed by atoms with Gasteiger partial charge in [0.25, 0.3) is 0 Å². The second-order valence-corrected chi connectivity index (χ2v) is 17.2. The van der Waals surface area contributed by atoms with Crippen molar-refractivity contribution in [2.75, 3.05) is 32.8 Å². The van der Waals surface area contributed by atoms with Crippen LogP contribution in [0.15, 0.2) is 59.6 Å². The first-order chi connectivity index (χ1) is 35.1. The van der Waals surface area contributed by atoms with Gasteiger partial charge in [-0.1, -0.05) is 62.7 Å². The van der Waals surface area contributed by atoms with Gasteiger partial charge in [0, 0.05) is 19.4 Å². The molecule has 2 aromatic carbocycles. The van der Waals surface area contributed by atoms with Gasteiger partial charge in [0.1, 0.15) is 42.0 Å². The lowest BCUT2D eigenvalue weighted by molar-refractivity contribution is -0.142. The first-order valence-corrected chi connectivity index (χ1v) is 23.8. The van der Waals surface area contributed by atoms with Gasteiger partial charge in [0.2, 0.25) is 47.3 Å². The van der Waals surface area contributed by atoms with Crippen LogP contribution in [0.5, 0.6) is 5.75 Å². The number of aliphatic hydroxyl groups is 1. The third kappa shape index (κ3) is 23.5. The van der Waals surface area contributed by atoms with E-state index in [2.05, 4.69) is 47.5 Å². The molecule has 0 aliphatic heterocycles. The van der Waals surface area contributed by atoms with Crippen molar-refractivity contribution in [3.8, 4) is 5.75 Å². The highest BCUT2D eigenvalue weighted by molar-refractivity contribution is 5.98. The Kier molecular flexibility index (Phi) is 27.7. The second-order valence-electron chi connectivity index (χ2n) is 17.2. The SMILES string of the molecule is CC[C@H](C)[C@H](NC(=O)[C@H](Cc1ccc(O)cc1)NC(=O)[C@H](Cc1ccccc1)NC(=O)[C@H](CC(=O)O)NC(=O)CNC(=O)[C@@H](N)CCCN=C(N)N)C(=O)NCC(=O)N[C@@H](CO)C(=O)N[C@@H](CCCCN)C(=O)O. The van der Waals surface area contributed by atoms with Crippen LogP contribution in [0, 0.1) is 5.92 Å². The minimum absolute atomic E-state index is 0.0388. The van der Waals surface area contributed by atoms with E-state index < -0.39 is 134 Å². The number of nitrogens with two attached hydrogens (primary N) is 4. The molecule has 0 spiro atoms. The van der Waals surface area contributed by atoms with Crippen molar-refractivity contribution in [2.45, 2.75) is 114 Å². The lowest BCUT2D eigenvalue weighted by atomic mass is 9.97. The van der Waals surface area contributed by atoms with E-state index in [9.17, 15) is 68.4 Å². The molecule has 8 atom stereocenters. The number of carbonyl (C=O) groups excluding carboxylic acids is 8. The molecule has 2 aromatic rings. The molecule has 8 amide bonds. The fourth-order valence-corrected chi connectivity index (χ4v) is 6.95. The maximum Gasteiger partial charge on any atom is 0.326 e. The van der Waals surface area contributed by atoms with Crippen LogP contribution in [0.4, 0.5) is 0 Å². The van der Waals surface area contributed by atoms with Crippen LogP contribution >= 0.6 is 0 Å². The Morgan fingerprint density at radius 2 is 1.12 bits per heavy atom. The van der Waals surface area contributed by atoms with Gasteiger partial charge in [-0.15, -0.1) is 0 Å². The zero-order chi connectivity index (χ0) is 55.3. The summed E-state index contributed by atoms with van der Waals surface area (Å²) >= 11 is 0. The van der Waals surface area contributed by atoms with Crippen LogP contribution in [-0.2, 0) is 60.8 Å². The molecule has 20 N–H and O–H groups in total. The molecule has 0 heterocycles. The Balaban J connectivity index is 2.34. The number of carbonyl (C=O) groups is 10. The first kappa shape index (κ1) is 62.2. The average Bonchev–Trinajstić information content (AvgIpc) is 3.36. The van der Waals surface area contributed by atoms with Gasteiger partial charge in [-0.25, -0.2) is 4.79 Å². The van der Waals surface area contributed by atoms with E-state index in [4.69, 9.17) is 22.9 Å². The van der Waals surface area contributed by atoms with Crippen LogP contribution in [0.3, 0.4) is 0 Å². The van der Waals surface area contributed by atoms with Gasteiger partial charge in [-0.05, 0) is 67.8 Å². The monoisotopic (exact) mass is 1040 g/mol. The summed E-state index contributed by atoms with van der Waals surface area (Å²) in [5.41, 5.74) is 22.9. The Morgan fingerprint density at radius 1 is 0.608 bits per heavy atom. The van der Waals surface area contributed by atoms with Crippen LogP contribution in [0.25, 0.3) is 0 Å². The van der Waals surface area contributed by atoms with Gasteiger partial charge in [-0.3, -0.25) is 48.1 Å². The highest BCUT2D eigenvalue weighted by atomic mass is 16.4. The summed E-state index contributed by atoms with van der Waals surface area (Å²) in [6, 6.07) is 3.72. The molecule has 0 aromatic heterocycles. The molecule has 27 nitrogen and oxygen atoms in total. The highest BCUT2D eigenvalue weighted by Crippen LogP contribution is 2.14. The number of rotatable bonds is 34. The number of carboxylic acids is 2. The molecular weight excluding hydrogens is 971 g/mol. The normalized spacial score (nSPS) is 14.1. The lowest BCUT2D eigenvalue weighted by Crippen LogP contribution is -2.60. The molecule has 0 aliphatic rings. The number of guanidine groups is 1. The number of carboxylic acid groups (broad SMARTS) is 2. The summed E-state index contributed by atoms with van der Waals surface area (Å²) in [4.78, 5) is 135. The van der Waals surface area contributed by atoms with E-state index in [1.807, 2.05) is 0 Å². The number of nitrogens with one attached hydrogen (secondary N) is 8. The third-order valence-corrected chi connectivity index (χ3v) is 11.3.